The molecule has 0 N–H and O–H groups in total. The molecule has 2 heterocycles. The average molecular weight is 327 g/mol. The summed E-state index contributed by atoms with van der Waals surface area (Å²) in [4.78, 5) is 0. The molecule has 1 aromatic carbocycles. The summed E-state index contributed by atoms with van der Waals surface area (Å²) >= 11 is 3.57. The van der Waals surface area contributed by atoms with Crippen LogP contribution in [-0.4, -0.2) is 32.0 Å². The Bertz CT molecular complexity index is 427. The molecule has 0 radical (unpaired) electrons. The Hall–Kier alpha value is -0.580. The van der Waals surface area contributed by atoms with Crippen molar-refractivity contribution in [3.8, 4) is 5.75 Å². The van der Waals surface area contributed by atoms with Crippen molar-refractivity contribution in [2.75, 3.05) is 19.8 Å². The molecule has 2 aliphatic rings. The topological polar surface area (TPSA) is 34.3 Å². The lowest BCUT2D eigenvalue weighted by Crippen LogP contribution is -2.03. The number of epoxide rings is 2. The van der Waals surface area contributed by atoms with Crippen LogP contribution in [0.3, 0.4) is 0 Å². The van der Waals surface area contributed by atoms with E-state index in [4.69, 9.17) is 14.2 Å². The number of benzene rings is 1. The molecule has 0 bridgehead atoms. The van der Waals surface area contributed by atoms with E-state index in [0.717, 1.165) is 42.9 Å². The third-order valence-electron chi connectivity index (χ3n) is 3.47. The van der Waals surface area contributed by atoms with Gasteiger partial charge in [-0.25, -0.2) is 0 Å². The standard InChI is InChI=1S/C15H19BrO3/c16-14-6-3-4-11(8-13-10-19-13)15(14)17-7-2-1-5-12-9-18-12/h3-4,6,12-13H,1-2,5,7-10H2. The van der Waals surface area contributed by atoms with Crippen LogP contribution in [0.2, 0.25) is 0 Å². The van der Waals surface area contributed by atoms with Crippen molar-refractivity contribution in [3.63, 3.8) is 0 Å². The molecule has 3 rings (SSSR count). The third kappa shape index (κ3) is 4.20. The largest absolute Gasteiger partial charge is 0.492 e. The van der Waals surface area contributed by atoms with Crippen LogP contribution in [-0.2, 0) is 15.9 Å². The first kappa shape index (κ1) is 13.4. The fourth-order valence-electron chi connectivity index (χ4n) is 2.19. The van der Waals surface area contributed by atoms with Crippen molar-refractivity contribution >= 4 is 15.9 Å². The van der Waals surface area contributed by atoms with E-state index in [9.17, 15) is 0 Å². The Morgan fingerprint density at radius 1 is 1.16 bits per heavy atom. The molecule has 0 aliphatic carbocycles. The number of halogens is 1. The van der Waals surface area contributed by atoms with Crippen molar-refractivity contribution in [3.05, 3.63) is 28.2 Å². The second-order valence-electron chi connectivity index (χ2n) is 5.19. The van der Waals surface area contributed by atoms with E-state index < -0.39 is 0 Å². The van der Waals surface area contributed by atoms with Gasteiger partial charge in [0.2, 0.25) is 0 Å². The lowest BCUT2D eigenvalue weighted by molar-refractivity contribution is 0.294. The Labute approximate surface area is 122 Å². The molecule has 2 aliphatic heterocycles. The molecule has 0 spiro atoms. The van der Waals surface area contributed by atoms with E-state index in [2.05, 4.69) is 28.1 Å². The highest BCUT2D eigenvalue weighted by Crippen LogP contribution is 2.32. The maximum Gasteiger partial charge on any atom is 0.136 e. The number of hydrogen-bond donors (Lipinski definition) is 0. The Balaban J connectivity index is 1.49. The van der Waals surface area contributed by atoms with Gasteiger partial charge in [0, 0.05) is 6.42 Å². The second-order valence-corrected chi connectivity index (χ2v) is 6.04. The van der Waals surface area contributed by atoms with Gasteiger partial charge in [-0.15, -0.1) is 0 Å². The quantitative estimate of drug-likeness (QED) is 0.542. The van der Waals surface area contributed by atoms with Gasteiger partial charge < -0.3 is 14.2 Å². The van der Waals surface area contributed by atoms with Crippen LogP contribution in [0.4, 0.5) is 0 Å². The fourth-order valence-corrected chi connectivity index (χ4v) is 2.71. The first-order valence-electron chi connectivity index (χ1n) is 6.96. The number of unbranched alkanes of at least 4 members (excludes halogenated alkanes) is 1. The predicted octanol–water partition coefficient (Wildman–Crippen LogP) is 3.34. The highest BCUT2D eigenvalue weighted by Gasteiger charge is 2.25. The molecule has 2 saturated heterocycles. The van der Waals surface area contributed by atoms with Crippen LogP contribution < -0.4 is 4.74 Å². The Morgan fingerprint density at radius 2 is 1.95 bits per heavy atom. The van der Waals surface area contributed by atoms with Crippen molar-refractivity contribution in [1.29, 1.82) is 0 Å². The summed E-state index contributed by atoms with van der Waals surface area (Å²) in [7, 11) is 0. The highest BCUT2D eigenvalue weighted by molar-refractivity contribution is 9.10. The maximum absolute atomic E-state index is 5.96. The van der Waals surface area contributed by atoms with Gasteiger partial charge in [-0.05, 0) is 46.8 Å². The van der Waals surface area contributed by atoms with E-state index in [1.165, 1.54) is 18.4 Å². The minimum absolute atomic E-state index is 0.392. The molecule has 2 atom stereocenters. The van der Waals surface area contributed by atoms with Gasteiger partial charge in [0.1, 0.15) is 5.75 Å². The zero-order valence-corrected chi connectivity index (χ0v) is 12.5. The molecule has 104 valence electrons. The summed E-state index contributed by atoms with van der Waals surface area (Å²) in [5.74, 6) is 0.987. The number of para-hydroxylation sites is 1. The Morgan fingerprint density at radius 3 is 2.68 bits per heavy atom. The maximum atomic E-state index is 5.96. The van der Waals surface area contributed by atoms with E-state index in [1.54, 1.807) is 0 Å². The second kappa shape index (κ2) is 6.25. The van der Waals surface area contributed by atoms with Crippen LogP contribution >= 0.6 is 15.9 Å². The van der Waals surface area contributed by atoms with Gasteiger partial charge in [-0.3, -0.25) is 0 Å². The van der Waals surface area contributed by atoms with E-state index in [1.807, 2.05) is 6.07 Å². The average Bonchev–Trinajstić information content (AvgIpc) is 3.25. The molecule has 0 aromatic heterocycles. The van der Waals surface area contributed by atoms with Gasteiger partial charge in [-0.1, -0.05) is 12.1 Å². The SMILES string of the molecule is Brc1cccc(CC2CO2)c1OCCCCC1CO1. The Kier molecular flexibility index (Phi) is 4.41. The summed E-state index contributed by atoms with van der Waals surface area (Å²) in [6.45, 7) is 2.61. The molecule has 1 aromatic rings. The molecular weight excluding hydrogens is 308 g/mol. The first-order valence-corrected chi connectivity index (χ1v) is 7.75. The van der Waals surface area contributed by atoms with Gasteiger partial charge in [0.15, 0.2) is 0 Å². The van der Waals surface area contributed by atoms with Gasteiger partial charge in [0.25, 0.3) is 0 Å². The smallest absolute Gasteiger partial charge is 0.136 e. The fraction of sp³-hybridized carbons (Fsp3) is 0.600. The molecular formula is C15H19BrO3. The minimum Gasteiger partial charge on any atom is -0.492 e. The molecule has 19 heavy (non-hydrogen) atoms. The van der Waals surface area contributed by atoms with Crippen molar-refractivity contribution in [1.82, 2.24) is 0 Å². The van der Waals surface area contributed by atoms with Crippen LogP contribution in [0.15, 0.2) is 22.7 Å². The molecule has 2 fully saturated rings. The summed E-state index contributed by atoms with van der Waals surface area (Å²) in [5.41, 5.74) is 1.24. The summed E-state index contributed by atoms with van der Waals surface area (Å²) in [6, 6.07) is 6.21. The lowest BCUT2D eigenvalue weighted by atomic mass is 10.1. The van der Waals surface area contributed by atoms with Crippen LogP contribution in [0.25, 0.3) is 0 Å². The predicted molar refractivity (Wildman–Crippen MR) is 76.7 cm³/mol. The normalized spacial score (nSPS) is 24.3. The lowest BCUT2D eigenvalue weighted by Gasteiger charge is -2.12. The summed E-state index contributed by atoms with van der Waals surface area (Å²) in [5, 5.41) is 0. The number of ether oxygens (including phenoxy) is 3. The molecule has 0 saturated carbocycles. The zero-order valence-electron chi connectivity index (χ0n) is 10.9. The van der Waals surface area contributed by atoms with E-state index in [-0.39, 0.29) is 0 Å². The van der Waals surface area contributed by atoms with Gasteiger partial charge in [-0.2, -0.15) is 0 Å². The molecule has 0 amide bonds. The third-order valence-corrected chi connectivity index (χ3v) is 4.09. The van der Waals surface area contributed by atoms with Crippen molar-refractivity contribution < 1.29 is 14.2 Å². The van der Waals surface area contributed by atoms with Crippen LogP contribution in [0.5, 0.6) is 5.75 Å². The summed E-state index contributed by atoms with van der Waals surface area (Å²) < 4.78 is 17.5. The van der Waals surface area contributed by atoms with Crippen molar-refractivity contribution in [2.45, 2.75) is 37.9 Å². The minimum atomic E-state index is 0.392. The molecule has 4 heteroatoms. The number of hydrogen-bond acceptors (Lipinski definition) is 3. The van der Waals surface area contributed by atoms with Gasteiger partial charge >= 0.3 is 0 Å². The van der Waals surface area contributed by atoms with Crippen LogP contribution in [0, 0.1) is 0 Å². The van der Waals surface area contributed by atoms with Crippen LogP contribution in [0.1, 0.15) is 24.8 Å². The zero-order chi connectivity index (χ0) is 13.1. The van der Waals surface area contributed by atoms with E-state index in [0.29, 0.717) is 12.2 Å². The molecule has 2 unspecified atom stereocenters. The van der Waals surface area contributed by atoms with E-state index >= 15 is 0 Å². The molecule has 3 nitrogen and oxygen atoms in total. The first-order chi connectivity index (χ1) is 9.33. The van der Waals surface area contributed by atoms with Crippen molar-refractivity contribution in [2.24, 2.45) is 0 Å². The van der Waals surface area contributed by atoms with Gasteiger partial charge in [0.05, 0.1) is 36.5 Å². The number of rotatable bonds is 8. The monoisotopic (exact) mass is 326 g/mol. The highest BCUT2D eigenvalue weighted by atomic mass is 79.9. The summed E-state index contributed by atoms with van der Waals surface area (Å²) in [6.07, 6.45) is 5.30.